The molecule has 0 radical (unpaired) electrons. The minimum atomic E-state index is -0.824. The average Bonchev–Trinajstić information content (AvgIpc) is 3.27. The number of H-pyrrole nitrogens is 1. The molecule has 0 aliphatic carbocycles. The molecule has 8 heteroatoms. The summed E-state index contributed by atoms with van der Waals surface area (Å²) >= 11 is 0. The number of amides is 2. The zero-order valence-electron chi connectivity index (χ0n) is 18.5. The van der Waals surface area contributed by atoms with E-state index in [1.165, 1.54) is 7.11 Å². The first-order chi connectivity index (χ1) is 16.5. The first kappa shape index (κ1) is 22.8. The molecular formula is C26H24N4O4. The third kappa shape index (κ3) is 4.82. The van der Waals surface area contributed by atoms with Gasteiger partial charge in [0.2, 0.25) is 5.91 Å². The number of fused-ring (bicyclic) bond motifs is 1. The maximum absolute atomic E-state index is 13.0. The maximum atomic E-state index is 13.0. The fourth-order valence-electron chi connectivity index (χ4n) is 3.72. The summed E-state index contributed by atoms with van der Waals surface area (Å²) in [7, 11) is 1.27. The van der Waals surface area contributed by atoms with Crippen LogP contribution in [0.15, 0.2) is 79.0 Å². The molecule has 2 amide bonds. The smallest absolute Gasteiger partial charge is 0.339 e. The number of hydrogen-bond donors (Lipinski definition) is 4. The van der Waals surface area contributed by atoms with Crippen molar-refractivity contribution in [2.24, 2.45) is 5.73 Å². The number of para-hydroxylation sites is 3. The quantitative estimate of drug-likeness (QED) is 0.315. The molecule has 0 saturated heterocycles. The van der Waals surface area contributed by atoms with Crippen LogP contribution in [0.5, 0.6) is 0 Å². The molecule has 5 N–H and O–H groups in total. The average molecular weight is 457 g/mol. The molecule has 0 saturated carbocycles. The minimum absolute atomic E-state index is 0.223. The predicted octanol–water partition coefficient (Wildman–Crippen LogP) is 3.72. The molecule has 4 aromatic rings. The Kier molecular flexibility index (Phi) is 6.70. The number of benzene rings is 3. The van der Waals surface area contributed by atoms with Gasteiger partial charge in [-0.25, -0.2) is 4.79 Å². The van der Waals surface area contributed by atoms with Crippen LogP contribution in [-0.4, -0.2) is 35.9 Å². The Hall–Kier alpha value is -4.43. The molecule has 0 fully saturated rings. The van der Waals surface area contributed by atoms with Crippen LogP contribution in [-0.2, 0) is 16.0 Å². The Morgan fingerprint density at radius 3 is 2.24 bits per heavy atom. The molecule has 0 aliphatic rings. The van der Waals surface area contributed by atoms with Crippen molar-refractivity contribution in [2.45, 2.75) is 12.5 Å². The van der Waals surface area contributed by atoms with E-state index in [-0.39, 0.29) is 11.1 Å². The molecule has 0 aliphatic heterocycles. The van der Waals surface area contributed by atoms with Crippen LogP contribution < -0.4 is 16.4 Å². The molecule has 0 bridgehead atoms. The minimum Gasteiger partial charge on any atom is -0.465 e. The van der Waals surface area contributed by atoms with E-state index in [0.717, 1.165) is 16.5 Å². The molecule has 4 rings (SSSR count). The zero-order chi connectivity index (χ0) is 24.1. The lowest BCUT2D eigenvalue weighted by Gasteiger charge is -2.15. The Morgan fingerprint density at radius 1 is 0.882 bits per heavy atom. The number of carbonyl (C=O) groups excluding carboxylic acids is 3. The van der Waals surface area contributed by atoms with E-state index in [2.05, 4.69) is 15.6 Å². The highest BCUT2D eigenvalue weighted by Gasteiger charge is 2.20. The maximum Gasteiger partial charge on any atom is 0.339 e. The van der Waals surface area contributed by atoms with Crippen LogP contribution in [0.4, 0.5) is 11.4 Å². The number of nitrogens with two attached hydrogens (primary N) is 1. The van der Waals surface area contributed by atoms with E-state index in [1.807, 2.05) is 30.5 Å². The monoisotopic (exact) mass is 456 g/mol. The second-order valence-electron chi connectivity index (χ2n) is 7.70. The molecule has 172 valence electrons. The molecule has 8 nitrogen and oxygen atoms in total. The Balaban J connectivity index is 1.49. The fraction of sp³-hybridized carbons (Fsp3) is 0.115. The lowest BCUT2D eigenvalue weighted by atomic mass is 10.0. The molecule has 1 heterocycles. The number of ether oxygens (including phenoxy) is 1. The zero-order valence-corrected chi connectivity index (χ0v) is 18.5. The SMILES string of the molecule is COC(=O)c1ccccc1NC(=O)c1ccccc1NC(=O)C(N)Cc1c[nH]c2ccccc12. The third-order valence-corrected chi connectivity index (χ3v) is 5.46. The van der Waals surface area contributed by atoms with Crippen molar-refractivity contribution in [2.75, 3.05) is 17.7 Å². The number of rotatable bonds is 7. The summed E-state index contributed by atoms with van der Waals surface area (Å²) in [5.74, 6) is -1.47. The van der Waals surface area contributed by atoms with Gasteiger partial charge in [-0.05, 0) is 42.3 Å². The van der Waals surface area contributed by atoms with Gasteiger partial charge >= 0.3 is 5.97 Å². The van der Waals surface area contributed by atoms with Crippen molar-refractivity contribution in [1.29, 1.82) is 0 Å². The standard InChI is InChI=1S/C26H24N4O4/c1-34-26(33)19-10-4-7-13-23(19)29-24(31)18-9-3-6-12-22(18)30-25(32)20(27)14-16-15-28-21-11-5-2-8-17(16)21/h2-13,15,20,28H,14,27H2,1H3,(H,29,31)(H,30,32). The van der Waals surface area contributed by atoms with E-state index in [0.29, 0.717) is 17.8 Å². The van der Waals surface area contributed by atoms with Gasteiger partial charge in [-0.3, -0.25) is 9.59 Å². The van der Waals surface area contributed by atoms with Gasteiger partial charge in [-0.1, -0.05) is 42.5 Å². The van der Waals surface area contributed by atoms with Crippen molar-refractivity contribution in [3.05, 3.63) is 95.7 Å². The second-order valence-corrected chi connectivity index (χ2v) is 7.70. The Morgan fingerprint density at radius 2 is 1.50 bits per heavy atom. The van der Waals surface area contributed by atoms with Gasteiger partial charge in [0.15, 0.2) is 0 Å². The topological polar surface area (TPSA) is 126 Å². The van der Waals surface area contributed by atoms with Crippen molar-refractivity contribution in [1.82, 2.24) is 4.98 Å². The van der Waals surface area contributed by atoms with Crippen molar-refractivity contribution in [3.63, 3.8) is 0 Å². The predicted molar refractivity (Wildman–Crippen MR) is 131 cm³/mol. The summed E-state index contributed by atoms with van der Waals surface area (Å²) < 4.78 is 4.77. The van der Waals surface area contributed by atoms with Crippen LogP contribution in [0.25, 0.3) is 10.9 Å². The van der Waals surface area contributed by atoms with Crippen LogP contribution in [0, 0.1) is 0 Å². The fourth-order valence-corrected chi connectivity index (χ4v) is 3.72. The number of esters is 1. The van der Waals surface area contributed by atoms with Gasteiger partial charge in [-0.15, -0.1) is 0 Å². The van der Waals surface area contributed by atoms with Gasteiger partial charge in [0.25, 0.3) is 5.91 Å². The molecule has 1 unspecified atom stereocenters. The molecule has 3 aromatic carbocycles. The van der Waals surface area contributed by atoms with E-state index >= 15 is 0 Å². The van der Waals surface area contributed by atoms with Crippen LogP contribution in [0.3, 0.4) is 0 Å². The summed E-state index contributed by atoms with van der Waals surface area (Å²) in [5.41, 5.74) is 9.16. The van der Waals surface area contributed by atoms with Gasteiger partial charge in [-0.2, -0.15) is 0 Å². The first-order valence-electron chi connectivity index (χ1n) is 10.7. The summed E-state index contributed by atoms with van der Waals surface area (Å²) in [6.45, 7) is 0. The van der Waals surface area contributed by atoms with Gasteiger partial charge in [0.1, 0.15) is 0 Å². The van der Waals surface area contributed by atoms with E-state index in [9.17, 15) is 14.4 Å². The Bertz CT molecular complexity index is 1360. The van der Waals surface area contributed by atoms with Crippen molar-refractivity contribution < 1.29 is 19.1 Å². The highest BCUT2D eigenvalue weighted by Crippen LogP contribution is 2.22. The third-order valence-electron chi connectivity index (χ3n) is 5.46. The number of methoxy groups -OCH3 is 1. The summed E-state index contributed by atoms with van der Waals surface area (Å²) in [6.07, 6.45) is 2.18. The number of hydrogen-bond acceptors (Lipinski definition) is 5. The van der Waals surface area contributed by atoms with Gasteiger partial charge < -0.3 is 26.1 Å². The largest absolute Gasteiger partial charge is 0.465 e. The van der Waals surface area contributed by atoms with Gasteiger partial charge in [0, 0.05) is 17.1 Å². The number of carbonyl (C=O) groups is 3. The van der Waals surface area contributed by atoms with Crippen LogP contribution in [0.1, 0.15) is 26.3 Å². The van der Waals surface area contributed by atoms with E-state index in [1.54, 1.807) is 48.5 Å². The first-order valence-corrected chi connectivity index (χ1v) is 10.7. The number of aromatic amines is 1. The number of aromatic nitrogens is 1. The number of anilines is 2. The Labute approximate surface area is 196 Å². The lowest BCUT2D eigenvalue weighted by Crippen LogP contribution is -2.37. The summed E-state index contributed by atoms with van der Waals surface area (Å²) in [6, 6.07) is 20.1. The van der Waals surface area contributed by atoms with E-state index < -0.39 is 23.8 Å². The molecular weight excluding hydrogens is 432 g/mol. The van der Waals surface area contributed by atoms with Crippen molar-refractivity contribution >= 4 is 40.1 Å². The van der Waals surface area contributed by atoms with Crippen molar-refractivity contribution in [3.8, 4) is 0 Å². The molecule has 34 heavy (non-hydrogen) atoms. The van der Waals surface area contributed by atoms with E-state index in [4.69, 9.17) is 10.5 Å². The van der Waals surface area contributed by atoms with Gasteiger partial charge in [0.05, 0.1) is 35.7 Å². The summed E-state index contributed by atoms with van der Waals surface area (Å²) in [4.78, 5) is 41.0. The van der Waals surface area contributed by atoms with Crippen LogP contribution in [0.2, 0.25) is 0 Å². The van der Waals surface area contributed by atoms with Crippen LogP contribution >= 0.6 is 0 Å². The molecule has 1 aromatic heterocycles. The molecule has 0 spiro atoms. The summed E-state index contributed by atoms with van der Waals surface area (Å²) in [5, 5.41) is 6.48. The normalized spacial score (nSPS) is 11.6. The highest BCUT2D eigenvalue weighted by atomic mass is 16.5. The second kappa shape index (κ2) is 10.0. The lowest BCUT2D eigenvalue weighted by molar-refractivity contribution is -0.117. The number of nitrogens with one attached hydrogen (secondary N) is 3. The highest BCUT2D eigenvalue weighted by molar-refractivity contribution is 6.12. The molecule has 1 atom stereocenters.